The van der Waals surface area contributed by atoms with Crippen LogP contribution >= 0.6 is 9.24 Å². The molecule has 14 heavy (non-hydrogen) atoms. The smallest absolute Gasteiger partial charge is 0.0110 e. The predicted octanol–water partition coefficient (Wildman–Crippen LogP) is 3.16. The van der Waals surface area contributed by atoms with Crippen molar-refractivity contribution in [3.63, 3.8) is 0 Å². The topological polar surface area (TPSA) is 0 Å². The van der Waals surface area contributed by atoms with E-state index in [1.54, 1.807) is 0 Å². The molecule has 0 nitrogen and oxygen atoms in total. The molecule has 0 N–H and O–H groups in total. The van der Waals surface area contributed by atoms with Crippen molar-refractivity contribution in [2.75, 3.05) is 0 Å². The van der Waals surface area contributed by atoms with Crippen molar-refractivity contribution in [1.29, 1.82) is 0 Å². The maximum Gasteiger partial charge on any atom is -0.0110 e. The molecule has 0 saturated heterocycles. The molecule has 0 amide bonds. The lowest BCUT2D eigenvalue weighted by molar-refractivity contribution is 1.51. The highest BCUT2D eigenvalue weighted by atomic mass is 31.0. The second kappa shape index (κ2) is 3.94. The number of hydrogen-bond donors (Lipinski definition) is 0. The molecule has 0 spiro atoms. The van der Waals surface area contributed by atoms with E-state index in [1.807, 2.05) is 6.07 Å². The number of benzene rings is 2. The van der Waals surface area contributed by atoms with Gasteiger partial charge in [0.1, 0.15) is 0 Å². The monoisotopic (exact) mass is 200 g/mol. The standard InChI is InChI=1S/C13H13P/c1-10-6-5-9-12(13(10)14)11-7-3-2-4-8-11/h2-9H,14H2,1H3. The van der Waals surface area contributed by atoms with Gasteiger partial charge < -0.3 is 0 Å². The summed E-state index contributed by atoms with van der Waals surface area (Å²) in [7, 11) is 2.82. The maximum absolute atomic E-state index is 2.82. The molecule has 1 atom stereocenters. The third-order valence-corrected chi connectivity index (χ3v) is 3.18. The van der Waals surface area contributed by atoms with E-state index >= 15 is 0 Å². The summed E-state index contributed by atoms with van der Waals surface area (Å²) in [6.45, 7) is 2.13. The van der Waals surface area contributed by atoms with Gasteiger partial charge in [-0.1, -0.05) is 48.5 Å². The van der Waals surface area contributed by atoms with Gasteiger partial charge in [0.2, 0.25) is 0 Å². The molecule has 0 radical (unpaired) electrons. The Kier molecular flexibility index (Phi) is 2.65. The number of hydrogen-bond acceptors (Lipinski definition) is 0. The lowest BCUT2D eigenvalue weighted by Gasteiger charge is -2.07. The zero-order chi connectivity index (χ0) is 9.97. The van der Waals surface area contributed by atoms with Crippen LogP contribution in [0, 0.1) is 6.92 Å². The summed E-state index contributed by atoms with van der Waals surface area (Å²) >= 11 is 0. The molecular weight excluding hydrogens is 187 g/mol. The molecule has 2 rings (SSSR count). The first-order valence-corrected chi connectivity index (χ1v) is 5.27. The fourth-order valence-corrected chi connectivity index (χ4v) is 1.91. The first-order valence-electron chi connectivity index (χ1n) is 4.69. The molecule has 0 aromatic heterocycles. The van der Waals surface area contributed by atoms with Gasteiger partial charge in [0.05, 0.1) is 0 Å². The van der Waals surface area contributed by atoms with Crippen molar-refractivity contribution >= 4 is 14.5 Å². The fraction of sp³-hybridized carbons (Fsp3) is 0.0769. The highest BCUT2D eigenvalue weighted by Gasteiger charge is 2.01. The Labute approximate surface area is 87.2 Å². The van der Waals surface area contributed by atoms with Gasteiger partial charge in [-0.2, -0.15) is 0 Å². The minimum absolute atomic E-state index is 1.28. The minimum Gasteiger partial charge on any atom is -0.105 e. The van der Waals surface area contributed by atoms with Crippen LogP contribution in [0.5, 0.6) is 0 Å². The maximum atomic E-state index is 2.82. The lowest BCUT2D eigenvalue weighted by atomic mass is 10.0. The van der Waals surface area contributed by atoms with E-state index in [1.165, 1.54) is 22.0 Å². The van der Waals surface area contributed by atoms with Crippen LogP contribution in [-0.2, 0) is 0 Å². The Morgan fingerprint density at radius 2 is 1.57 bits per heavy atom. The Hall–Kier alpha value is -1.13. The van der Waals surface area contributed by atoms with E-state index in [9.17, 15) is 0 Å². The SMILES string of the molecule is Cc1cccc(-c2ccccc2)c1P. The van der Waals surface area contributed by atoms with Crippen LogP contribution in [0.3, 0.4) is 0 Å². The summed E-state index contributed by atoms with van der Waals surface area (Å²) in [4.78, 5) is 0. The first-order chi connectivity index (χ1) is 6.79. The molecule has 0 saturated carbocycles. The van der Waals surface area contributed by atoms with Gasteiger partial charge in [-0.25, -0.2) is 0 Å². The molecule has 0 fully saturated rings. The van der Waals surface area contributed by atoms with Crippen LogP contribution < -0.4 is 5.30 Å². The largest absolute Gasteiger partial charge is 0.105 e. The molecule has 2 aromatic rings. The van der Waals surface area contributed by atoms with Crippen molar-refractivity contribution in [1.82, 2.24) is 0 Å². The van der Waals surface area contributed by atoms with Crippen molar-refractivity contribution in [3.05, 3.63) is 54.1 Å². The summed E-state index contributed by atoms with van der Waals surface area (Å²) in [5.74, 6) is 0. The van der Waals surface area contributed by atoms with Crippen LogP contribution in [0.25, 0.3) is 11.1 Å². The average molecular weight is 200 g/mol. The van der Waals surface area contributed by atoms with Crippen LogP contribution in [0.1, 0.15) is 5.56 Å². The lowest BCUT2D eigenvalue weighted by Crippen LogP contribution is -2.00. The second-order valence-corrected chi connectivity index (χ2v) is 3.98. The highest BCUT2D eigenvalue weighted by Crippen LogP contribution is 2.19. The van der Waals surface area contributed by atoms with Gasteiger partial charge in [0.15, 0.2) is 0 Å². The van der Waals surface area contributed by atoms with E-state index in [0.29, 0.717) is 0 Å². The zero-order valence-electron chi connectivity index (χ0n) is 8.20. The van der Waals surface area contributed by atoms with E-state index < -0.39 is 0 Å². The zero-order valence-corrected chi connectivity index (χ0v) is 9.35. The van der Waals surface area contributed by atoms with Gasteiger partial charge in [-0.15, -0.1) is 9.24 Å². The molecule has 1 heteroatoms. The van der Waals surface area contributed by atoms with E-state index in [0.717, 1.165) is 0 Å². The summed E-state index contributed by atoms with van der Waals surface area (Å²) in [6, 6.07) is 16.9. The van der Waals surface area contributed by atoms with Gasteiger partial charge >= 0.3 is 0 Å². The summed E-state index contributed by atoms with van der Waals surface area (Å²) in [6.07, 6.45) is 0. The molecule has 0 aliphatic carbocycles. The highest BCUT2D eigenvalue weighted by molar-refractivity contribution is 7.28. The molecule has 0 heterocycles. The number of aryl methyl sites for hydroxylation is 1. The van der Waals surface area contributed by atoms with E-state index in [2.05, 4.69) is 58.6 Å². The van der Waals surface area contributed by atoms with Crippen molar-refractivity contribution < 1.29 is 0 Å². The molecule has 0 aliphatic heterocycles. The predicted molar refractivity (Wildman–Crippen MR) is 66.0 cm³/mol. The second-order valence-electron chi connectivity index (χ2n) is 3.40. The van der Waals surface area contributed by atoms with Crippen molar-refractivity contribution in [2.45, 2.75) is 6.92 Å². The van der Waals surface area contributed by atoms with E-state index in [4.69, 9.17) is 0 Å². The minimum atomic E-state index is 1.28. The molecule has 0 bridgehead atoms. The first kappa shape index (κ1) is 9.43. The van der Waals surface area contributed by atoms with Gasteiger partial charge in [0, 0.05) is 0 Å². The molecule has 70 valence electrons. The third kappa shape index (κ3) is 1.71. The normalized spacial score (nSPS) is 10.1. The summed E-state index contributed by atoms with van der Waals surface area (Å²) < 4.78 is 0. The Bertz CT molecular complexity index is 432. The molecule has 1 unspecified atom stereocenters. The van der Waals surface area contributed by atoms with Crippen LogP contribution in [0.2, 0.25) is 0 Å². The molecule has 2 aromatic carbocycles. The van der Waals surface area contributed by atoms with Gasteiger partial charge in [-0.05, 0) is 28.9 Å². The van der Waals surface area contributed by atoms with Crippen molar-refractivity contribution in [3.8, 4) is 11.1 Å². The van der Waals surface area contributed by atoms with Gasteiger partial charge in [-0.3, -0.25) is 0 Å². The Morgan fingerprint density at radius 3 is 2.29 bits per heavy atom. The summed E-state index contributed by atoms with van der Waals surface area (Å²) in [5, 5.41) is 1.29. The third-order valence-electron chi connectivity index (χ3n) is 2.41. The van der Waals surface area contributed by atoms with Gasteiger partial charge in [0.25, 0.3) is 0 Å². The fourth-order valence-electron chi connectivity index (χ4n) is 1.55. The van der Waals surface area contributed by atoms with Crippen LogP contribution in [-0.4, -0.2) is 0 Å². The van der Waals surface area contributed by atoms with Crippen molar-refractivity contribution in [2.24, 2.45) is 0 Å². The molecule has 0 aliphatic rings. The Balaban J connectivity index is 2.58. The summed E-state index contributed by atoms with van der Waals surface area (Å²) in [5.41, 5.74) is 3.90. The molecular formula is C13H13P. The number of rotatable bonds is 1. The average Bonchev–Trinajstić information content (AvgIpc) is 2.23. The van der Waals surface area contributed by atoms with E-state index in [-0.39, 0.29) is 0 Å². The Morgan fingerprint density at radius 1 is 0.857 bits per heavy atom. The van der Waals surface area contributed by atoms with Crippen LogP contribution in [0.4, 0.5) is 0 Å². The quantitative estimate of drug-likeness (QED) is 0.620. The van der Waals surface area contributed by atoms with Crippen LogP contribution in [0.15, 0.2) is 48.5 Å².